The van der Waals surface area contributed by atoms with Crippen LogP contribution in [0.15, 0.2) is 61.2 Å². The van der Waals surface area contributed by atoms with Gasteiger partial charge >= 0.3 is 5.97 Å². The van der Waals surface area contributed by atoms with Crippen LogP contribution in [-0.4, -0.2) is 32.2 Å². The van der Waals surface area contributed by atoms with Gasteiger partial charge in [0.1, 0.15) is 11.5 Å². The highest BCUT2D eigenvalue weighted by Crippen LogP contribution is 2.17. The molecule has 0 bridgehead atoms. The van der Waals surface area contributed by atoms with Crippen LogP contribution < -0.4 is 14.8 Å². The number of rotatable bonds is 12. The van der Waals surface area contributed by atoms with E-state index in [0.29, 0.717) is 24.5 Å². The van der Waals surface area contributed by atoms with E-state index in [0.717, 1.165) is 37.2 Å². The lowest BCUT2D eigenvalue weighted by Crippen LogP contribution is -2.11. The van der Waals surface area contributed by atoms with Gasteiger partial charge in [-0.15, -0.1) is 0 Å². The van der Waals surface area contributed by atoms with E-state index in [-0.39, 0.29) is 11.9 Å². The molecule has 0 radical (unpaired) electrons. The first kappa shape index (κ1) is 22.0. The molecule has 6 nitrogen and oxygen atoms in total. The van der Waals surface area contributed by atoms with Crippen molar-refractivity contribution in [2.24, 2.45) is 0 Å². The SMILES string of the molecule is C=CC(=O)OCCCCCCOc1ccc(C(=O)Nc2ccc(OC)cc2)cc1. The van der Waals surface area contributed by atoms with Gasteiger partial charge in [-0.3, -0.25) is 4.79 Å². The first-order valence-corrected chi connectivity index (χ1v) is 9.60. The highest BCUT2D eigenvalue weighted by Gasteiger charge is 2.06. The Balaban J connectivity index is 1.65. The molecular formula is C23H27NO5. The minimum absolute atomic E-state index is 0.182. The van der Waals surface area contributed by atoms with Crippen molar-refractivity contribution in [1.82, 2.24) is 0 Å². The monoisotopic (exact) mass is 397 g/mol. The lowest BCUT2D eigenvalue weighted by atomic mass is 10.2. The molecule has 0 aliphatic heterocycles. The molecule has 0 atom stereocenters. The zero-order valence-electron chi connectivity index (χ0n) is 16.7. The van der Waals surface area contributed by atoms with Crippen LogP contribution in [-0.2, 0) is 9.53 Å². The fraction of sp³-hybridized carbons (Fsp3) is 0.304. The number of esters is 1. The molecule has 29 heavy (non-hydrogen) atoms. The Morgan fingerprint density at radius 1 is 0.897 bits per heavy atom. The van der Waals surface area contributed by atoms with E-state index in [1.807, 2.05) is 0 Å². The van der Waals surface area contributed by atoms with Gasteiger partial charge in [-0.1, -0.05) is 6.58 Å². The second-order valence-electron chi connectivity index (χ2n) is 6.34. The molecular weight excluding hydrogens is 370 g/mol. The second-order valence-corrected chi connectivity index (χ2v) is 6.34. The summed E-state index contributed by atoms with van der Waals surface area (Å²) in [7, 11) is 1.60. The topological polar surface area (TPSA) is 73.9 Å². The van der Waals surface area contributed by atoms with Crippen molar-refractivity contribution >= 4 is 17.6 Å². The lowest BCUT2D eigenvalue weighted by Gasteiger charge is -2.09. The number of amides is 1. The van der Waals surface area contributed by atoms with Crippen molar-refractivity contribution < 1.29 is 23.8 Å². The van der Waals surface area contributed by atoms with Crippen LogP contribution in [0.25, 0.3) is 0 Å². The Labute approximate surface area is 171 Å². The molecule has 0 saturated carbocycles. The number of ether oxygens (including phenoxy) is 3. The number of nitrogens with one attached hydrogen (secondary N) is 1. The molecule has 0 saturated heterocycles. The van der Waals surface area contributed by atoms with E-state index >= 15 is 0 Å². The van der Waals surface area contributed by atoms with Gasteiger partial charge in [0.15, 0.2) is 0 Å². The van der Waals surface area contributed by atoms with Crippen LogP contribution in [0.3, 0.4) is 0 Å². The van der Waals surface area contributed by atoms with Gasteiger partial charge in [0.25, 0.3) is 5.91 Å². The smallest absolute Gasteiger partial charge is 0.330 e. The lowest BCUT2D eigenvalue weighted by molar-refractivity contribution is -0.137. The molecule has 0 unspecified atom stereocenters. The fourth-order valence-corrected chi connectivity index (χ4v) is 2.56. The number of hydrogen-bond acceptors (Lipinski definition) is 5. The maximum absolute atomic E-state index is 12.3. The van der Waals surface area contributed by atoms with Crippen LogP contribution in [0, 0.1) is 0 Å². The third kappa shape index (κ3) is 8.09. The molecule has 2 aromatic rings. The van der Waals surface area contributed by atoms with E-state index in [4.69, 9.17) is 14.2 Å². The van der Waals surface area contributed by atoms with Crippen molar-refractivity contribution in [1.29, 1.82) is 0 Å². The largest absolute Gasteiger partial charge is 0.497 e. The zero-order valence-corrected chi connectivity index (χ0v) is 16.7. The molecule has 154 valence electrons. The van der Waals surface area contributed by atoms with Crippen molar-refractivity contribution in [3.8, 4) is 11.5 Å². The predicted molar refractivity (Wildman–Crippen MR) is 113 cm³/mol. The summed E-state index contributed by atoms with van der Waals surface area (Å²) in [6.07, 6.45) is 4.88. The number of carbonyl (C=O) groups is 2. The van der Waals surface area contributed by atoms with Gasteiger partial charge in [-0.25, -0.2) is 4.79 Å². The van der Waals surface area contributed by atoms with E-state index in [1.54, 1.807) is 55.6 Å². The average molecular weight is 397 g/mol. The summed E-state index contributed by atoms with van der Waals surface area (Å²) < 4.78 is 15.7. The molecule has 0 aliphatic carbocycles. The molecule has 0 heterocycles. The molecule has 2 rings (SSSR count). The quantitative estimate of drug-likeness (QED) is 0.321. The number of benzene rings is 2. The van der Waals surface area contributed by atoms with E-state index in [2.05, 4.69) is 11.9 Å². The molecule has 2 aromatic carbocycles. The summed E-state index contributed by atoms with van der Waals surface area (Å²) in [5.41, 5.74) is 1.26. The summed E-state index contributed by atoms with van der Waals surface area (Å²) >= 11 is 0. The Hall–Kier alpha value is -3.28. The second kappa shape index (κ2) is 12.2. The number of methoxy groups -OCH3 is 1. The van der Waals surface area contributed by atoms with Gasteiger partial charge in [0.05, 0.1) is 20.3 Å². The fourth-order valence-electron chi connectivity index (χ4n) is 2.56. The molecule has 6 heteroatoms. The molecule has 0 aromatic heterocycles. The van der Waals surface area contributed by atoms with E-state index in [1.165, 1.54) is 6.08 Å². The van der Waals surface area contributed by atoms with Crippen molar-refractivity contribution in [3.63, 3.8) is 0 Å². The molecule has 0 aliphatic rings. The number of hydrogen-bond donors (Lipinski definition) is 1. The minimum Gasteiger partial charge on any atom is -0.497 e. The van der Waals surface area contributed by atoms with Gasteiger partial charge in [-0.2, -0.15) is 0 Å². The first-order valence-electron chi connectivity index (χ1n) is 9.60. The van der Waals surface area contributed by atoms with E-state index < -0.39 is 0 Å². The minimum atomic E-state index is -0.380. The Morgan fingerprint density at radius 3 is 2.14 bits per heavy atom. The zero-order chi connectivity index (χ0) is 20.9. The third-order valence-corrected chi connectivity index (χ3v) is 4.18. The standard InChI is InChI=1S/C23H27NO5/c1-3-22(25)29-17-7-5-4-6-16-28-21-12-8-18(9-13-21)23(26)24-19-10-14-20(27-2)15-11-19/h3,8-15H,1,4-7,16-17H2,2H3,(H,24,26). The van der Waals surface area contributed by atoms with Crippen LogP contribution in [0.1, 0.15) is 36.0 Å². The van der Waals surface area contributed by atoms with Crippen LogP contribution in [0.5, 0.6) is 11.5 Å². The highest BCUT2D eigenvalue weighted by molar-refractivity contribution is 6.04. The molecule has 0 spiro atoms. The summed E-state index contributed by atoms with van der Waals surface area (Å²) in [6.45, 7) is 4.37. The highest BCUT2D eigenvalue weighted by atomic mass is 16.5. The summed E-state index contributed by atoms with van der Waals surface area (Å²) in [5.74, 6) is 0.903. The number of anilines is 1. The van der Waals surface area contributed by atoms with E-state index in [9.17, 15) is 9.59 Å². The van der Waals surface area contributed by atoms with Crippen molar-refractivity contribution in [2.75, 3.05) is 25.6 Å². The van der Waals surface area contributed by atoms with Crippen molar-refractivity contribution in [2.45, 2.75) is 25.7 Å². The predicted octanol–water partition coefficient (Wildman–Crippen LogP) is 4.62. The summed E-state index contributed by atoms with van der Waals surface area (Å²) in [6, 6.07) is 14.2. The molecule has 1 amide bonds. The maximum Gasteiger partial charge on any atom is 0.330 e. The normalized spacial score (nSPS) is 10.1. The maximum atomic E-state index is 12.3. The van der Waals surface area contributed by atoms with Crippen LogP contribution in [0.2, 0.25) is 0 Å². The first-order chi connectivity index (χ1) is 14.1. The molecule has 0 fully saturated rings. The number of unbranched alkanes of at least 4 members (excludes halogenated alkanes) is 3. The van der Waals surface area contributed by atoms with Gasteiger partial charge < -0.3 is 19.5 Å². The van der Waals surface area contributed by atoms with Crippen molar-refractivity contribution in [3.05, 3.63) is 66.7 Å². The van der Waals surface area contributed by atoms with Gasteiger partial charge in [0, 0.05) is 17.3 Å². The molecule has 1 N–H and O–H groups in total. The number of carbonyl (C=O) groups excluding carboxylic acids is 2. The average Bonchev–Trinajstić information content (AvgIpc) is 2.76. The van der Waals surface area contributed by atoms with Crippen LogP contribution in [0.4, 0.5) is 5.69 Å². The Bertz CT molecular complexity index is 784. The Morgan fingerprint density at radius 2 is 1.52 bits per heavy atom. The summed E-state index contributed by atoms with van der Waals surface area (Å²) in [5, 5.41) is 2.84. The summed E-state index contributed by atoms with van der Waals surface area (Å²) in [4.78, 5) is 23.2. The third-order valence-electron chi connectivity index (χ3n) is 4.18. The van der Waals surface area contributed by atoms with Gasteiger partial charge in [0.2, 0.25) is 0 Å². The van der Waals surface area contributed by atoms with Gasteiger partial charge in [-0.05, 0) is 74.2 Å². The Kier molecular flexibility index (Phi) is 9.29. The van der Waals surface area contributed by atoms with Crippen LogP contribution >= 0.6 is 0 Å².